The van der Waals surface area contributed by atoms with Gasteiger partial charge in [-0.3, -0.25) is 0 Å². The third-order valence-corrected chi connectivity index (χ3v) is 2.10. The number of aromatic hydroxyl groups is 1. The summed E-state index contributed by atoms with van der Waals surface area (Å²) in [6.45, 7) is 2.63. The summed E-state index contributed by atoms with van der Waals surface area (Å²) in [4.78, 5) is 2.00. The van der Waals surface area contributed by atoms with Crippen molar-refractivity contribution in [2.24, 2.45) is 0 Å². The monoisotopic (exact) mass is 195 g/mol. The molecule has 0 aromatic heterocycles. The molecule has 0 amide bonds. The fourth-order valence-corrected chi connectivity index (χ4v) is 1.44. The van der Waals surface area contributed by atoms with Crippen molar-refractivity contribution in [2.45, 2.75) is 13.5 Å². The molecule has 0 atom stereocenters. The number of hydrogen-bond donors (Lipinski definition) is 1. The fraction of sp³-hybridized carbons (Fsp3) is 0.455. The molecule has 1 rings (SSSR count). The summed E-state index contributed by atoms with van der Waals surface area (Å²) < 4.78 is 5.13. The molecule has 0 aliphatic rings. The maximum absolute atomic E-state index is 9.87. The summed E-state index contributed by atoms with van der Waals surface area (Å²) in [6.07, 6.45) is 0. The second-order valence-corrected chi connectivity index (χ2v) is 3.66. The Bertz CT molecular complexity index is 321. The molecule has 0 aliphatic carbocycles. The lowest BCUT2D eigenvalue weighted by Crippen LogP contribution is -2.11. The zero-order valence-electron chi connectivity index (χ0n) is 9.16. The summed E-state index contributed by atoms with van der Waals surface area (Å²) in [5.41, 5.74) is 1.84. The van der Waals surface area contributed by atoms with Crippen molar-refractivity contribution >= 4 is 0 Å². The Morgan fingerprint density at radius 2 is 2.00 bits per heavy atom. The highest BCUT2D eigenvalue weighted by Crippen LogP contribution is 2.33. The van der Waals surface area contributed by atoms with E-state index in [1.165, 1.54) is 0 Å². The Balaban J connectivity index is 3.08. The quantitative estimate of drug-likeness (QED) is 0.797. The molecule has 0 bridgehead atoms. The Labute approximate surface area is 84.9 Å². The standard InChI is InChI=1S/C11H17NO2/c1-8-5-6-9(7-12(2)3)10(13)11(8)14-4/h5-6,13H,7H2,1-4H3. The van der Waals surface area contributed by atoms with Gasteiger partial charge in [0.15, 0.2) is 11.5 Å². The van der Waals surface area contributed by atoms with Crippen LogP contribution in [0.25, 0.3) is 0 Å². The largest absolute Gasteiger partial charge is 0.504 e. The molecular weight excluding hydrogens is 178 g/mol. The SMILES string of the molecule is COc1c(C)ccc(CN(C)C)c1O. The molecule has 3 heteroatoms. The molecular formula is C11H17NO2. The molecule has 0 saturated carbocycles. The van der Waals surface area contributed by atoms with Gasteiger partial charge in [-0.05, 0) is 26.6 Å². The van der Waals surface area contributed by atoms with E-state index >= 15 is 0 Å². The van der Waals surface area contributed by atoms with Crippen LogP contribution < -0.4 is 4.74 Å². The fourth-order valence-electron chi connectivity index (χ4n) is 1.44. The lowest BCUT2D eigenvalue weighted by Gasteiger charge is -2.14. The first-order valence-electron chi connectivity index (χ1n) is 4.56. The van der Waals surface area contributed by atoms with Crippen LogP contribution in [0.3, 0.4) is 0 Å². The first-order chi connectivity index (χ1) is 6.56. The molecule has 1 aromatic rings. The van der Waals surface area contributed by atoms with Gasteiger partial charge in [0.05, 0.1) is 7.11 Å². The van der Waals surface area contributed by atoms with Crippen LogP contribution in [0.2, 0.25) is 0 Å². The zero-order chi connectivity index (χ0) is 10.7. The molecule has 0 spiro atoms. The van der Waals surface area contributed by atoms with Crippen LogP contribution in [0.1, 0.15) is 11.1 Å². The second kappa shape index (κ2) is 4.33. The van der Waals surface area contributed by atoms with Gasteiger partial charge in [-0.25, -0.2) is 0 Å². The molecule has 0 aliphatic heterocycles. The summed E-state index contributed by atoms with van der Waals surface area (Å²) in [5, 5.41) is 9.87. The molecule has 3 nitrogen and oxygen atoms in total. The minimum atomic E-state index is 0.251. The minimum Gasteiger partial charge on any atom is -0.504 e. The van der Waals surface area contributed by atoms with Gasteiger partial charge in [-0.15, -0.1) is 0 Å². The van der Waals surface area contributed by atoms with Crippen molar-refractivity contribution < 1.29 is 9.84 Å². The van der Waals surface area contributed by atoms with Crippen molar-refractivity contribution in [2.75, 3.05) is 21.2 Å². The van der Waals surface area contributed by atoms with Crippen molar-refractivity contribution in [3.8, 4) is 11.5 Å². The van der Waals surface area contributed by atoms with E-state index in [0.717, 1.165) is 11.1 Å². The van der Waals surface area contributed by atoms with Gasteiger partial charge in [0.1, 0.15) is 0 Å². The van der Waals surface area contributed by atoms with Gasteiger partial charge < -0.3 is 14.7 Å². The van der Waals surface area contributed by atoms with Gasteiger partial charge in [-0.1, -0.05) is 12.1 Å². The molecule has 0 heterocycles. The van der Waals surface area contributed by atoms with Crippen LogP contribution in [0.15, 0.2) is 12.1 Å². The number of hydrogen-bond acceptors (Lipinski definition) is 3. The molecule has 0 unspecified atom stereocenters. The Hall–Kier alpha value is -1.22. The molecule has 0 radical (unpaired) electrons. The molecule has 1 aromatic carbocycles. The van der Waals surface area contributed by atoms with E-state index in [4.69, 9.17) is 4.74 Å². The average molecular weight is 195 g/mol. The van der Waals surface area contributed by atoms with E-state index in [9.17, 15) is 5.11 Å². The smallest absolute Gasteiger partial charge is 0.163 e. The molecule has 78 valence electrons. The van der Waals surface area contributed by atoms with E-state index in [0.29, 0.717) is 12.3 Å². The van der Waals surface area contributed by atoms with Crippen LogP contribution in [0.5, 0.6) is 11.5 Å². The van der Waals surface area contributed by atoms with Gasteiger partial charge in [-0.2, -0.15) is 0 Å². The maximum Gasteiger partial charge on any atom is 0.163 e. The molecule has 0 fully saturated rings. The summed E-state index contributed by atoms with van der Waals surface area (Å²) in [7, 11) is 5.50. The van der Waals surface area contributed by atoms with Gasteiger partial charge >= 0.3 is 0 Å². The summed E-state index contributed by atoms with van der Waals surface area (Å²) >= 11 is 0. The predicted molar refractivity (Wildman–Crippen MR) is 56.8 cm³/mol. The third-order valence-electron chi connectivity index (χ3n) is 2.10. The molecule has 14 heavy (non-hydrogen) atoms. The number of benzene rings is 1. The van der Waals surface area contributed by atoms with Crippen molar-refractivity contribution in [1.29, 1.82) is 0 Å². The highest BCUT2D eigenvalue weighted by Gasteiger charge is 2.10. The highest BCUT2D eigenvalue weighted by atomic mass is 16.5. The summed E-state index contributed by atoms with van der Waals surface area (Å²) in [5.74, 6) is 0.825. The normalized spacial score (nSPS) is 10.6. The number of phenolic OH excluding ortho intramolecular Hbond substituents is 1. The van der Waals surface area contributed by atoms with Gasteiger partial charge in [0.2, 0.25) is 0 Å². The van der Waals surface area contributed by atoms with Crippen LogP contribution in [-0.4, -0.2) is 31.2 Å². The van der Waals surface area contributed by atoms with E-state index in [-0.39, 0.29) is 5.75 Å². The number of ether oxygens (including phenoxy) is 1. The lowest BCUT2D eigenvalue weighted by molar-refractivity contribution is 0.353. The predicted octanol–water partition coefficient (Wildman–Crippen LogP) is 1.77. The number of nitrogens with zero attached hydrogens (tertiary/aromatic N) is 1. The van der Waals surface area contributed by atoms with Crippen molar-refractivity contribution in [1.82, 2.24) is 4.90 Å². The lowest BCUT2D eigenvalue weighted by atomic mass is 10.1. The Morgan fingerprint density at radius 3 is 2.50 bits per heavy atom. The zero-order valence-corrected chi connectivity index (χ0v) is 9.16. The van der Waals surface area contributed by atoms with E-state index in [1.807, 2.05) is 38.1 Å². The van der Waals surface area contributed by atoms with Crippen molar-refractivity contribution in [3.05, 3.63) is 23.3 Å². The number of aryl methyl sites for hydroxylation is 1. The van der Waals surface area contributed by atoms with E-state index in [1.54, 1.807) is 7.11 Å². The highest BCUT2D eigenvalue weighted by molar-refractivity contribution is 5.50. The first-order valence-corrected chi connectivity index (χ1v) is 4.56. The van der Waals surface area contributed by atoms with Crippen LogP contribution >= 0.6 is 0 Å². The number of phenols is 1. The van der Waals surface area contributed by atoms with Gasteiger partial charge in [0.25, 0.3) is 0 Å². The average Bonchev–Trinajstić information content (AvgIpc) is 2.10. The van der Waals surface area contributed by atoms with Crippen LogP contribution in [0.4, 0.5) is 0 Å². The van der Waals surface area contributed by atoms with Gasteiger partial charge in [0, 0.05) is 12.1 Å². The van der Waals surface area contributed by atoms with Crippen LogP contribution in [0, 0.1) is 6.92 Å². The van der Waals surface area contributed by atoms with E-state index < -0.39 is 0 Å². The first kappa shape index (κ1) is 10.9. The number of rotatable bonds is 3. The Morgan fingerprint density at radius 1 is 1.36 bits per heavy atom. The molecule has 1 N–H and O–H groups in total. The maximum atomic E-state index is 9.87. The second-order valence-electron chi connectivity index (χ2n) is 3.66. The summed E-state index contributed by atoms with van der Waals surface area (Å²) in [6, 6.07) is 3.88. The topological polar surface area (TPSA) is 32.7 Å². The van der Waals surface area contributed by atoms with E-state index in [2.05, 4.69) is 0 Å². The third kappa shape index (κ3) is 2.17. The Kier molecular flexibility index (Phi) is 3.36. The van der Waals surface area contributed by atoms with Crippen LogP contribution in [-0.2, 0) is 6.54 Å². The number of methoxy groups -OCH3 is 1. The molecule has 0 saturated heterocycles. The van der Waals surface area contributed by atoms with Crippen molar-refractivity contribution in [3.63, 3.8) is 0 Å². The minimum absolute atomic E-state index is 0.251.